The molecule has 1 rings (SSSR count). The van der Waals surface area contributed by atoms with Crippen LogP contribution in [0, 0.1) is 6.92 Å². The van der Waals surface area contributed by atoms with E-state index in [9.17, 15) is 14.0 Å². The van der Waals surface area contributed by atoms with E-state index in [1.807, 2.05) is 0 Å². The average Bonchev–Trinajstić information content (AvgIpc) is 2.22. The highest BCUT2D eigenvalue weighted by atomic mass is 19.1. The van der Waals surface area contributed by atoms with E-state index in [4.69, 9.17) is 9.84 Å². The molecular weight excluding hydrogens is 219 g/mol. The number of hydrogen-bond donors (Lipinski definition) is 2. The number of aromatic amines is 1. The molecule has 7 heteroatoms. The zero-order chi connectivity index (χ0) is 12.1. The number of aliphatic hydroxyl groups is 1. The van der Waals surface area contributed by atoms with Gasteiger partial charge in [0.2, 0.25) is 0 Å². The maximum atomic E-state index is 12.2. The lowest BCUT2D eigenvalue weighted by molar-refractivity contribution is -0.0370. The van der Waals surface area contributed by atoms with Crippen LogP contribution >= 0.6 is 0 Å². The molecule has 90 valence electrons. The summed E-state index contributed by atoms with van der Waals surface area (Å²) in [6, 6.07) is 1.23. The number of halogens is 1. The number of alkyl halides is 1. The average molecular weight is 232 g/mol. The zero-order valence-electron chi connectivity index (χ0n) is 8.77. The summed E-state index contributed by atoms with van der Waals surface area (Å²) >= 11 is 0. The van der Waals surface area contributed by atoms with Crippen LogP contribution in [0.4, 0.5) is 4.39 Å². The van der Waals surface area contributed by atoms with Crippen LogP contribution in [0.3, 0.4) is 0 Å². The van der Waals surface area contributed by atoms with Gasteiger partial charge in [0.15, 0.2) is 0 Å². The second-order valence-electron chi connectivity index (χ2n) is 3.26. The van der Waals surface area contributed by atoms with Gasteiger partial charge in [0.25, 0.3) is 5.56 Å². The number of nitrogens with zero attached hydrogens (tertiary/aromatic N) is 1. The van der Waals surface area contributed by atoms with Gasteiger partial charge in [0, 0.05) is 11.8 Å². The van der Waals surface area contributed by atoms with Crippen molar-refractivity contribution in [2.45, 2.75) is 19.8 Å². The van der Waals surface area contributed by atoms with E-state index in [2.05, 4.69) is 4.98 Å². The number of ether oxygens (including phenoxy) is 1. The van der Waals surface area contributed by atoms with Crippen LogP contribution in [0.15, 0.2) is 15.7 Å². The standard InChI is InChI=1S/C9H13FN2O4/c1-6-2-8(14)11-9(15)12(6)5-16-7(3-10)4-13/h2,7,13H,3-5H2,1H3,(H,11,14,15)/i10+0. The second kappa shape index (κ2) is 5.57. The third kappa shape index (κ3) is 3.01. The Hall–Kier alpha value is -1.47. The number of aromatic nitrogens is 2. The van der Waals surface area contributed by atoms with E-state index < -0.39 is 30.6 Å². The summed E-state index contributed by atoms with van der Waals surface area (Å²) in [5.74, 6) is 0. The van der Waals surface area contributed by atoms with Gasteiger partial charge in [-0.2, -0.15) is 0 Å². The van der Waals surface area contributed by atoms with E-state index in [0.29, 0.717) is 5.69 Å². The summed E-state index contributed by atoms with van der Waals surface area (Å²) in [6.07, 6.45) is -0.960. The Labute approximate surface area is 90.3 Å². The molecule has 0 amide bonds. The molecule has 0 saturated heterocycles. The third-order valence-corrected chi connectivity index (χ3v) is 2.06. The van der Waals surface area contributed by atoms with Gasteiger partial charge >= 0.3 is 5.69 Å². The van der Waals surface area contributed by atoms with Gasteiger partial charge < -0.3 is 9.84 Å². The Morgan fingerprint density at radius 3 is 2.81 bits per heavy atom. The van der Waals surface area contributed by atoms with E-state index >= 15 is 0 Å². The summed E-state index contributed by atoms with van der Waals surface area (Å²) in [5.41, 5.74) is -0.715. The van der Waals surface area contributed by atoms with Crippen molar-refractivity contribution in [2.24, 2.45) is 0 Å². The number of aliphatic hydroxyl groups excluding tert-OH is 1. The minimum absolute atomic E-state index is 0.212. The molecule has 0 aliphatic heterocycles. The molecule has 0 fully saturated rings. The monoisotopic (exact) mass is 232 g/mol. The molecule has 0 saturated carbocycles. The highest BCUT2D eigenvalue weighted by molar-refractivity contribution is 4.97. The van der Waals surface area contributed by atoms with Crippen LogP contribution in [0.25, 0.3) is 0 Å². The molecule has 1 atom stereocenters. The zero-order valence-corrected chi connectivity index (χ0v) is 8.77. The topological polar surface area (TPSA) is 84.3 Å². The smallest absolute Gasteiger partial charge is 0.330 e. The maximum Gasteiger partial charge on any atom is 0.330 e. The van der Waals surface area contributed by atoms with Gasteiger partial charge in [0.1, 0.15) is 19.5 Å². The largest absolute Gasteiger partial charge is 0.394 e. The molecule has 0 spiro atoms. The van der Waals surface area contributed by atoms with Crippen molar-refractivity contribution in [1.82, 2.24) is 9.55 Å². The number of rotatable bonds is 5. The summed E-state index contributed by atoms with van der Waals surface area (Å²) in [6.45, 7) is 0.0430. The fourth-order valence-corrected chi connectivity index (χ4v) is 1.12. The van der Waals surface area contributed by atoms with E-state index in [0.717, 1.165) is 4.57 Å². The summed E-state index contributed by atoms with van der Waals surface area (Å²) in [4.78, 5) is 24.3. The molecule has 0 radical (unpaired) electrons. The Bertz CT molecular complexity index is 450. The van der Waals surface area contributed by atoms with Gasteiger partial charge in [-0.1, -0.05) is 0 Å². The van der Waals surface area contributed by atoms with E-state index in [1.165, 1.54) is 6.07 Å². The van der Waals surface area contributed by atoms with Crippen molar-refractivity contribution in [1.29, 1.82) is 0 Å². The molecule has 0 aromatic carbocycles. The SMILES string of the molecule is Cc1cc(=O)[nH]c(=O)n1COC(CO)C[19F]. The number of nitrogens with one attached hydrogen (secondary N) is 1. The van der Waals surface area contributed by atoms with Crippen molar-refractivity contribution in [3.05, 3.63) is 32.6 Å². The van der Waals surface area contributed by atoms with Gasteiger partial charge in [-0.05, 0) is 6.92 Å². The Morgan fingerprint density at radius 2 is 2.31 bits per heavy atom. The number of aryl methyl sites for hydroxylation is 1. The van der Waals surface area contributed by atoms with Crippen molar-refractivity contribution >= 4 is 0 Å². The number of hydrogen-bond acceptors (Lipinski definition) is 4. The molecule has 0 aliphatic carbocycles. The minimum Gasteiger partial charge on any atom is -0.394 e. The predicted molar refractivity (Wildman–Crippen MR) is 54.0 cm³/mol. The van der Waals surface area contributed by atoms with E-state index in [1.54, 1.807) is 6.92 Å². The van der Waals surface area contributed by atoms with Gasteiger partial charge in [-0.25, -0.2) is 9.18 Å². The van der Waals surface area contributed by atoms with Crippen molar-refractivity contribution in [2.75, 3.05) is 13.3 Å². The fourth-order valence-electron chi connectivity index (χ4n) is 1.12. The first kappa shape index (κ1) is 12.6. The van der Waals surface area contributed by atoms with E-state index in [-0.39, 0.29) is 6.73 Å². The van der Waals surface area contributed by atoms with Crippen molar-refractivity contribution < 1.29 is 14.2 Å². The van der Waals surface area contributed by atoms with Gasteiger partial charge in [0.05, 0.1) is 6.61 Å². The van der Waals surface area contributed by atoms with Crippen LogP contribution in [-0.4, -0.2) is 34.0 Å². The fraction of sp³-hybridized carbons (Fsp3) is 0.556. The normalized spacial score (nSPS) is 12.7. The number of H-pyrrole nitrogens is 1. The quantitative estimate of drug-likeness (QED) is 0.692. The Morgan fingerprint density at radius 1 is 1.62 bits per heavy atom. The first-order chi connectivity index (χ1) is 7.58. The maximum absolute atomic E-state index is 12.2. The van der Waals surface area contributed by atoms with Gasteiger partial charge in [-0.3, -0.25) is 14.3 Å². The first-order valence-corrected chi connectivity index (χ1v) is 4.67. The van der Waals surface area contributed by atoms with Crippen LogP contribution in [0.1, 0.15) is 5.69 Å². The van der Waals surface area contributed by atoms with Crippen molar-refractivity contribution in [3.63, 3.8) is 0 Å². The molecule has 1 aromatic rings. The molecule has 1 aromatic heterocycles. The van der Waals surface area contributed by atoms with Gasteiger partial charge in [-0.15, -0.1) is 0 Å². The highest BCUT2D eigenvalue weighted by Gasteiger charge is 2.08. The first-order valence-electron chi connectivity index (χ1n) is 4.67. The van der Waals surface area contributed by atoms with Crippen LogP contribution < -0.4 is 11.2 Å². The Balaban J connectivity index is 2.82. The minimum atomic E-state index is -0.960. The van der Waals surface area contributed by atoms with Crippen LogP contribution in [0.2, 0.25) is 0 Å². The molecule has 1 heterocycles. The molecule has 2 N–H and O–H groups in total. The lowest BCUT2D eigenvalue weighted by Crippen LogP contribution is -2.33. The highest BCUT2D eigenvalue weighted by Crippen LogP contribution is 1.96. The van der Waals surface area contributed by atoms with Crippen LogP contribution in [0.5, 0.6) is 0 Å². The molecule has 0 bridgehead atoms. The summed E-state index contributed by atoms with van der Waals surface area (Å²) < 4.78 is 18.3. The van der Waals surface area contributed by atoms with Crippen LogP contribution in [-0.2, 0) is 11.5 Å². The lowest BCUT2D eigenvalue weighted by atomic mass is 10.4. The Kier molecular flexibility index (Phi) is 4.39. The molecular formula is C9H13FN2O4. The molecule has 0 aliphatic rings. The summed E-state index contributed by atoms with van der Waals surface area (Å²) in [7, 11) is 0. The molecule has 6 nitrogen and oxygen atoms in total. The molecule has 16 heavy (non-hydrogen) atoms. The lowest BCUT2D eigenvalue weighted by Gasteiger charge is -2.14. The molecule has 1 unspecified atom stereocenters. The third-order valence-electron chi connectivity index (χ3n) is 2.06. The summed E-state index contributed by atoms with van der Waals surface area (Å²) in [5, 5.41) is 8.68. The van der Waals surface area contributed by atoms with Crippen molar-refractivity contribution in [3.8, 4) is 0 Å². The second-order valence-corrected chi connectivity index (χ2v) is 3.26. The predicted octanol–water partition coefficient (Wildman–Crippen LogP) is -0.850.